The number of unbranched alkanes of at least 4 members (excludes halogenated alkanes) is 1. The van der Waals surface area contributed by atoms with Gasteiger partial charge in [0.25, 0.3) is 0 Å². The molecule has 0 unspecified atom stereocenters. The number of nitrogens with one attached hydrogen (secondary N) is 1. The van der Waals surface area contributed by atoms with Gasteiger partial charge in [0.15, 0.2) is 0 Å². The summed E-state index contributed by atoms with van der Waals surface area (Å²) in [5, 5.41) is 3.25. The van der Waals surface area contributed by atoms with E-state index in [-0.39, 0.29) is 18.1 Å². The standard InChI is InChI=1S/C24H30N2O2/c27-24(14-8-7-11-19-9-3-1-4-10-19)25-21-15-22-18-28-23(17-26(22)16-21)20-12-5-2-6-13-20/h1-6,9-10,12-13,21-23H,7-8,11,14-18H2,(H,25,27)/t21-,22+,23-/m1/s1. The Labute approximate surface area is 167 Å². The first-order chi connectivity index (χ1) is 13.8. The van der Waals surface area contributed by atoms with E-state index in [1.807, 2.05) is 12.1 Å². The van der Waals surface area contributed by atoms with Crippen molar-refractivity contribution in [3.8, 4) is 0 Å². The van der Waals surface area contributed by atoms with Crippen LogP contribution in [0.5, 0.6) is 0 Å². The highest BCUT2D eigenvalue weighted by atomic mass is 16.5. The smallest absolute Gasteiger partial charge is 0.220 e. The molecule has 0 saturated carbocycles. The predicted octanol–water partition coefficient (Wildman–Crippen LogP) is 3.73. The average Bonchev–Trinajstić information content (AvgIpc) is 3.14. The largest absolute Gasteiger partial charge is 0.371 e. The molecule has 0 aliphatic carbocycles. The first kappa shape index (κ1) is 19.2. The molecule has 148 valence electrons. The molecule has 3 atom stereocenters. The minimum absolute atomic E-state index is 0.143. The van der Waals surface area contributed by atoms with Crippen molar-refractivity contribution in [3.63, 3.8) is 0 Å². The number of carbonyl (C=O) groups excluding carboxylic acids is 1. The van der Waals surface area contributed by atoms with Crippen LogP contribution in [0.3, 0.4) is 0 Å². The lowest BCUT2D eigenvalue weighted by molar-refractivity contribution is -0.121. The van der Waals surface area contributed by atoms with Crippen molar-refractivity contribution >= 4 is 5.91 Å². The number of fused-ring (bicyclic) bond motifs is 1. The molecule has 0 aromatic heterocycles. The van der Waals surface area contributed by atoms with Gasteiger partial charge >= 0.3 is 0 Å². The summed E-state index contributed by atoms with van der Waals surface area (Å²) in [4.78, 5) is 14.8. The summed E-state index contributed by atoms with van der Waals surface area (Å²) in [6, 6.07) is 21.6. The van der Waals surface area contributed by atoms with E-state index in [4.69, 9.17) is 4.74 Å². The molecule has 4 heteroatoms. The van der Waals surface area contributed by atoms with Crippen molar-refractivity contribution in [2.24, 2.45) is 0 Å². The molecular formula is C24H30N2O2. The van der Waals surface area contributed by atoms with Crippen LogP contribution in [0.2, 0.25) is 0 Å². The van der Waals surface area contributed by atoms with E-state index in [9.17, 15) is 4.79 Å². The minimum atomic E-state index is 0.143. The Bertz CT molecular complexity index is 750. The summed E-state index contributed by atoms with van der Waals surface area (Å²) in [6.07, 6.45) is 4.81. The third kappa shape index (κ3) is 5.00. The molecule has 2 saturated heterocycles. The van der Waals surface area contributed by atoms with Gasteiger partial charge in [-0.3, -0.25) is 9.69 Å². The van der Waals surface area contributed by atoms with Gasteiger partial charge in [-0.15, -0.1) is 0 Å². The summed E-state index contributed by atoms with van der Waals surface area (Å²) in [7, 11) is 0. The van der Waals surface area contributed by atoms with E-state index in [0.29, 0.717) is 12.5 Å². The molecule has 0 bridgehead atoms. The number of amides is 1. The molecule has 28 heavy (non-hydrogen) atoms. The van der Waals surface area contributed by atoms with Crippen LogP contribution in [-0.4, -0.2) is 42.6 Å². The summed E-state index contributed by atoms with van der Waals surface area (Å²) >= 11 is 0. The summed E-state index contributed by atoms with van der Waals surface area (Å²) < 4.78 is 6.10. The molecule has 0 radical (unpaired) electrons. The summed E-state index contributed by atoms with van der Waals surface area (Å²) in [5.74, 6) is 0.193. The Kier molecular flexibility index (Phi) is 6.40. The topological polar surface area (TPSA) is 41.6 Å². The van der Waals surface area contributed by atoms with Gasteiger partial charge in [-0.1, -0.05) is 60.7 Å². The van der Waals surface area contributed by atoms with Gasteiger partial charge in [0, 0.05) is 31.6 Å². The van der Waals surface area contributed by atoms with Gasteiger partial charge in [-0.05, 0) is 36.8 Å². The van der Waals surface area contributed by atoms with Crippen LogP contribution in [0.1, 0.15) is 42.9 Å². The van der Waals surface area contributed by atoms with Gasteiger partial charge in [0.1, 0.15) is 0 Å². The molecule has 2 aromatic rings. The Morgan fingerprint density at radius 2 is 1.75 bits per heavy atom. The van der Waals surface area contributed by atoms with Crippen molar-refractivity contribution in [1.82, 2.24) is 10.2 Å². The summed E-state index contributed by atoms with van der Waals surface area (Å²) in [5.41, 5.74) is 2.59. The van der Waals surface area contributed by atoms with Crippen LogP contribution in [-0.2, 0) is 16.0 Å². The molecule has 4 rings (SSSR count). The van der Waals surface area contributed by atoms with Crippen molar-refractivity contribution in [1.29, 1.82) is 0 Å². The number of hydrogen-bond acceptors (Lipinski definition) is 3. The van der Waals surface area contributed by atoms with Crippen LogP contribution < -0.4 is 5.32 Å². The second-order valence-corrected chi connectivity index (χ2v) is 8.03. The van der Waals surface area contributed by atoms with Crippen LogP contribution >= 0.6 is 0 Å². The number of benzene rings is 2. The van der Waals surface area contributed by atoms with E-state index in [1.165, 1.54) is 11.1 Å². The van der Waals surface area contributed by atoms with Gasteiger partial charge in [0.05, 0.1) is 12.7 Å². The fourth-order valence-corrected chi connectivity index (χ4v) is 4.41. The number of ether oxygens (including phenoxy) is 1. The van der Waals surface area contributed by atoms with E-state index in [1.54, 1.807) is 0 Å². The zero-order valence-electron chi connectivity index (χ0n) is 16.4. The van der Waals surface area contributed by atoms with Crippen molar-refractivity contribution < 1.29 is 9.53 Å². The lowest BCUT2D eigenvalue weighted by Gasteiger charge is -2.35. The first-order valence-electron chi connectivity index (χ1n) is 10.5. The fourth-order valence-electron chi connectivity index (χ4n) is 4.41. The molecule has 2 aliphatic rings. The molecular weight excluding hydrogens is 348 g/mol. The number of hydrogen-bond donors (Lipinski definition) is 1. The van der Waals surface area contributed by atoms with Gasteiger partial charge < -0.3 is 10.1 Å². The lowest BCUT2D eigenvalue weighted by atomic mass is 10.1. The number of rotatable bonds is 7. The van der Waals surface area contributed by atoms with Crippen molar-refractivity contribution in [2.45, 2.75) is 50.3 Å². The van der Waals surface area contributed by atoms with Crippen LogP contribution in [0.15, 0.2) is 60.7 Å². The molecule has 1 amide bonds. The molecule has 2 aliphatic heterocycles. The monoisotopic (exact) mass is 378 g/mol. The fraction of sp³-hybridized carbons (Fsp3) is 0.458. The van der Waals surface area contributed by atoms with E-state index < -0.39 is 0 Å². The van der Waals surface area contributed by atoms with Crippen LogP contribution in [0.4, 0.5) is 0 Å². The second-order valence-electron chi connectivity index (χ2n) is 8.03. The number of morpholine rings is 1. The quantitative estimate of drug-likeness (QED) is 0.747. The molecule has 2 heterocycles. The minimum Gasteiger partial charge on any atom is -0.371 e. The number of nitrogens with zero attached hydrogens (tertiary/aromatic N) is 1. The third-order valence-electron chi connectivity index (χ3n) is 5.92. The maximum Gasteiger partial charge on any atom is 0.220 e. The Balaban J connectivity index is 1.18. The van der Waals surface area contributed by atoms with E-state index >= 15 is 0 Å². The van der Waals surface area contributed by atoms with Crippen molar-refractivity contribution in [2.75, 3.05) is 19.7 Å². The van der Waals surface area contributed by atoms with Crippen molar-refractivity contribution in [3.05, 3.63) is 71.8 Å². The molecule has 0 spiro atoms. The first-order valence-corrected chi connectivity index (χ1v) is 10.5. The zero-order valence-corrected chi connectivity index (χ0v) is 16.4. The van der Waals surface area contributed by atoms with E-state index in [0.717, 1.165) is 45.4 Å². The third-order valence-corrected chi connectivity index (χ3v) is 5.92. The van der Waals surface area contributed by atoms with E-state index in [2.05, 4.69) is 58.7 Å². The number of carbonyl (C=O) groups is 1. The lowest BCUT2D eigenvalue weighted by Crippen LogP contribution is -2.43. The highest BCUT2D eigenvalue weighted by Gasteiger charge is 2.38. The normalized spacial score (nSPS) is 24.6. The maximum absolute atomic E-state index is 12.3. The molecule has 2 aromatic carbocycles. The second kappa shape index (κ2) is 9.35. The Morgan fingerprint density at radius 1 is 1.00 bits per heavy atom. The van der Waals surface area contributed by atoms with Gasteiger partial charge in [-0.25, -0.2) is 0 Å². The molecule has 1 N–H and O–H groups in total. The highest BCUT2D eigenvalue weighted by molar-refractivity contribution is 5.76. The molecule has 2 fully saturated rings. The van der Waals surface area contributed by atoms with Crippen LogP contribution in [0.25, 0.3) is 0 Å². The SMILES string of the molecule is O=C(CCCCc1ccccc1)N[C@@H]1C[C@H]2CO[C@@H](c3ccccc3)CN2C1. The molecule has 4 nitrogen and oxygen atoms in total. The Morgan fingerprint density at radius 3 is 2.54 bits per heavy atom. The van der Waals surface area contributed by atoms with Gasteiger partial charge in [0.2, 0.25) is 5.91 Å². The zero-order chi connectivity index (χ0) is 19.2. The summed E-state index contributed by atoms with van der Waals surface area (Å²) in [6.45, 7) is 2.61. The predicted molar refractivity (Wildman–Crippen MR) is 111 cm³/mol. The maximum atomic E-state index is 12.3. The average molecular weight is 379 g/mol. The van der Waals surface area contributed by atoms with Crippen LogP contribution in [0, 0.1) is 0 Å². The number of aryl methyl sites for hydroxylation is 1. The Hall–Kier alpha value is -2.17. The van der Waals surface area contributed by atoms with Gasteiger partial charge in [-0.2, -0.15) is 0 Å². The highest BCUT2D eigenvalue weighted by Crippen LogP contribution is 2.30.